The van der Waals surface area contributed by atoms with E-state index in [1.165, 1.54) is 0 Å². The Balaban J connectivity index is 2.91. The lowest BCUT2D eigenvalue weighted by Gasteiger charge is -2.13. The molecule has 13 heavy (non-hydrogen) atoms. The molecule has 4 N–H and O–H groups in total. The molecule has 0 aliphatic heterocycles. The van der Waals surface area contributed by atoms with E-state index in [-0.39, 0.29) is 6.04 Å². The van der Waals surface area contributed by atoms with E-state index in [4.69, 9.17) is 16.2 Å². The van der Waals surface area contributed by atoms with Crippen molar-refractivity contribution in [1.29, 1.82) is 0 Å². The third kappa shape index (κ3) is 2.69. The number of methoxy groups -OCH3 is 1. The highest BCUT2D eigenvalue weighted by Gasteiger charge is 2.09. The van der Waals surface area contributed by atoms with Crippen LogP contribution in [0.4, 0.5) is 5.69 Å². The van der Waals surface area contributed by atoms with Gasteiger partial charge in [-0.1, -0.05) is 15.9 Å². The molecule has 1 aromatic carbocycles. The van der Waals surface area contributed by atoms with Gasteiger partial charge in [-0.3, -0.25) is 0 Å². The molecule has 0 radical (unpaired) electrons. The van der Waals surface area contributed by atoms with Crippen molar-refractivity contribution in [3.05, 3.63) is 28.2 Å². The van der Waals surface area contributed by atoms with Crippen molar-refractivity contribution in [3.63, 3.8) is 0 Å². The predicted octanol–water partition coefficient (Wildman–Crippen LogP) is 1.68. The van der Waals surface area contributed by atoms with Gasteiger partial charge in [-0.2, -0.15) is 0 Å². The van der Waals surface area contributed by atoms with Gasteiger partial charge in [0.25, 0.3) is 0 Å². The first-order chi connectivity index (χ1) is 6.15. The standard InChI is InChI=1S/C9H13BrN2O/c1-13-5-9(12)7-4-6(10)2-3-8(7)11/h2-4,9H,5,11-12H2,1H3/t9-/m0/s1. The second kappa shape index (κ2) is 4.60. The molecule has 1 aromatic rings. The second-order valence-corrected chi connectivity index (χ2v) is 3.75. The molecule has 0 spiro atoms. The van der Waals surface area contributed by atoms with Crippen LogP contribution in [0.25, 0.3) is 0 Å². The van der Waals surface area contributed by atoms with Crippen LogP contribution in [0.15, 0.2) is 22.7 Å². The average molecular weight is 245 g/mol. The monoisotopic (exact) mass is 244 g/mol. The molecule has 0 fully saturated rings. The van der Waals surface area contributed by atoms with Gasteiger partial charge in [0.15, 0.2) is 0 Å². The van der Waals surface area contributed by atoms with E-state index >= 15 is 0 Å². The van der Waals surface area contributed by atoms with Gasteiger partial charge in [-0.05, 0) is 23.8 Å². The molecule has 0 bridgehead atoms. The van der Waals surface area contributed by atoms with Gasteiger partial charge in [0, 0.05) is 17.3 Å². The highest BCUT2D eigenvalue weighted by atomic mass is 79.9. The summed E-state index contributed by atoms with van der Waals surface area (Å²) in [6.07, 6.45) is 0. The van der Waals surface area contributed by atoms with Crippen molar-refractivity contribution in [1.82, 2.24) is 0 Å². The molecule has 0 aromatic heterocycles. The summed E-state index contributed by atoms with van der Waals surface area (Å²) in [4.78, 5) is 0. The Hall–Kier alpha value is -0.580. The zero-order valence-electron chi connectivity index (χ0n) is 7.46. The summed E-state index contributed by atoms with van der Waals surface area (Å²) in [7, 11) is 1.62. The van der Waals surface area contributed by atoms with E-state index < -0.39 is 0 Å². The lowest BCUT2D eigenvalue weighted by molar-refractivity contribution is 0.181. The van der Waals surface area contributed by atoms with Crippen LogP contribution in [0.5, 0.6) is 0 Å². The van der Waals surface area contributed by atoms with Crippen molar-refractivity contribution in [2.24, 2.45) is 5.73 Å². The topological polar surface area (TPSA) is 61.3 Å². The van der Waals surface area contributed by atoms with Crippen LogP contribution >= 0.6 is 15.9 Å². The smallest absolute Gasteiger partial charge is 0.0656 e. The Morgan fingerprint density at radius 1 is 1.54 bits per heavy atom. The molecule has 0 saturated heterocycles. The molecule has 0 heterocycles. The fourth-order valence-corrected chi connectivity index (χ4v) is 1.51. The van der Waals surface area contributed by atoms with Crippen molar-refractivity contribution < 1.29 is 4.74 Å². The number of nitrogen functional groups attached to an aromatic ring is 1. The molecular weight excluding hydrogens is 232 g/mol. The van der Waals surface area contributed by atoms with Crippen molar-refractivity contribution in [2.75, 3.05) is 19.5 Å². The minimum absolute atomic E-state index is 0.164. The summed E-state index contributed by atoms with van der Waals surface area (Å²) >= 11 is 3.36. The lowest BCUT2D eigenvalue weighted by Crippen LogP contribution is -2.17. The molecule has 0 aliphatic carbocycles. The lowest BCUT2D eigenvalue weighted by atomic mass is 10.1. The van der Waals surface area contributed by atoms with Crippen LogP contribution in [-0.2, 0) is 4.74 Å². The Labute approximate surface area is 86.2 Å². The van der Waals surface area contributed by atoms with Gasteiger partial charge in [-0.15, -0.1) is 0 Å². The molecule has 4 heteroatoms. The Bertz CT molecular complexity index is 291. The molecule has 0 saturated carbocycles. The van der Waals surface area contributed by atoms with E-state index in [0.29, 0.717) is 12.3 Å². The van der Waals surface area contributed by atoms with Gasteiger partial charge >= 0.3 is 0 Å². The summed E-state index contributed by atoms with van der Waals surface area (Å²) in [5, 5.41) is 0. The fraction of sp³-hybridized carbons (Fsp3) is 0.333. The zero-order valence-corrected chi connectivity index (χ0v) is 9.04. The normalized spacial score (nSPS) is 12.8. The number of ether oxygens (including phenoxy) is 1. The maximum atomic E-state index is 5.85. The van der Waals surface area contributed by atoms with Crippen molar-refractivity contribution >= 4 is 21.6 Å². The summed E-state index contributed by atoms with van der Waals surface area (Å²) in [5.41, 5.74) is 13.2. The first-order valence-electron chi connectivity index (χ1n) is 3.94. The quantitative estimate of drug-likeness (QED) is 0.796. The van der Waals surface area contributed by atoms with E-state index in [0.717, 1.165) is 10.0 Å². The Morgan fingerprint density at radius 3 is 2.85 bits per heavy atom. The largest absolute Gasteiger partial charge is 0.398 e. The zero-order chi connectivity index (χ0) is 9.84. The molecule has 0 unspecified atom stereocenters. The molecule has 1 atom stereocenters. The van der Waals surface area contributed by atoms with E-state index in [2.05, 4.69) is 15.9 Å². The van der Waals surface area contributed by atoms with E-state index in [1.54, 1.807) is 7.11 Å². The second-order valence-electron chi connectivity index (χ2n) is 2.84. The van der Waals surface area contributed by atoms with Crippen LogP contribution in [0.2, 0.25) is 0 Å². The van der Waals surface area contributed by atoms with Gasteiger partial charge in [0.2, 0.25) is 0 Å². The van der Waals surface area contributed by atoms with Crippen LogP contribution in [0.1, 0.15) is 11.6 Å². The molecular formula is C9H13BrN2O. The van der Waals surface area contributed by atoms with E-state index in [9.17, 15) is 0 Å². The summed E-state index contributed by atoms with van der Waals surface area (Å²) in [5.74, 6) is 0. The number of nitrogens with two attached hydrogens (primary N) is 2. The van der Waals surface area contributed by atoms with Crippen molar-refractivity contribution in [3.8, 4) is 0 Å². The fourth-order valence-electron chi connectivity index (χ4n) is 1.14. The predicted molar refractivity (Wildman–Crippen MR) is 57.4 cm³/mol. The summed E-state index contributed by atoms with van der Waals surface area (Å²) < 4.78 is 5.93. The third-order valence-corrected chi connectivity index (χ3v) is 2.29. The number of anilines is 1. The number of benzene rings is 1. The van der Waals surface area contributed by atoms with Crippen LogP contribution < -0.4 is 11.5 Å². The first kappa shape index (κ1) is 10.5. The van der Waals surface area contributed by atoms with Crippen LogP contribution in [0.3, 0.4) is 0 Å². The number of halogens is 1. The summed E-state index contributed by atoms with van der Waals surface area (Å²) in [6, 6.07) is 5.47. The van der Waals surface area contributed by atoms with Gasteiger partial charge in [0.1, 0.15) is 0 Å². The van der Waals surface area contributed by atoms with Crippen LogP contribution in [-0.4, -0.2) is 13.7 Å². The summed E-state index contributed by atoms with van der Waals surface area (Å²) in [6.45, 7) is 0.473. The molecule has 0 amide bonds. The number of hydrogen-bond donors (Lipinski definition) is 2. The highest BCUT2D eigenvalue weighted by Crippen LogP contribution is 2.23. The highest BCUT2D eigenvalue weighted by molar-refractivity contribution is 9.10. The Kier molecular flexibility index (Phi) is 3.71. The Morgan fingerprint density at radius 2 is 2.23 bits per heavy atom. The number of hydrogen-bond acceptors (Lipinski definition) is 3. The van der Waals surface area contributed by atoms with E-state index in [1.807, 2.05) is 18.2 Å². The minimum atomic E-state index is -0.164. The van der Waals surface area contributed by atoms with Gasteiger partial charge < -0.3 is 16.2 Å². The van der Waals surface area contributed by atoms with Crippen LogP contribution in [0, 0.1) is 0 Å². The van der Waals surface area contributed by atoms with Gasteiger partial charge in [0.05, 0.1) is 12.6 Å². The SMILES string of the molecule is COC[C@H](N)c1cc(Br)ccc1N. The number of rotatable bonds is 3. The molecule has 3 nitrogen and oxygen atoms in total. The average Bonchev–Trinajstić information content (AvgIpc) is 2.09. The molecule has 1 rings (SSSR count). The molecule has 0 aliphatic rings. The molecule has 72 valence electrons. The first-order valence-corrected chi connectivity index (χ1v) is 4.74. The maximum Gasteiger partial charge on any atom is 0.0656 e. The third-order valence-electron chi connectivity index (χ3n) is 1.79. The van der Waals surface area contributed by atoms with Gasteiger partial charge in [-0.25, -0.2) is 0 Å². The maximum absolute atomic E-state index is 5.85. The minimum Gasteiger partial charge on any atom is -0.398 e. The van der Waals surface area contributed by atoms with Crippen molar-refractivity contribution in [2.45, 2.75) is 6.04 Å².